The summed E-state index contributed by atoms with van der Waals surface area (Å²) in [5.74, 6) is 0.229. The van der Waals surface area contributed by atoms with E-state index >= 15 is 0 Å². The number of hydrogen-bond donors (Lipinski definition) is 2. The lowest BCUT2D eigenvalue weighted by Gasteiger charge is -2.07. The van der Waals surface area contributed by atoms with Gasteiger partial charge in [0.2, 0.25) is 0 Å². The molecule has 0 aliphatic carbocycles. The SMILES string of the molecule is O=C(NCc1cc(-c2ccccc2)on1)c1cc2ccccc2cc1O. The highest BCUT2D eigenvalue weighted by molar-refractivity contribution is 6.01. The molecule has 4 aromatic rings. The summed E-state index contributed by atoms with van der Waals surface area (Å²) >= 11 is 0. The molecule has 5 heteroatoms. The van der Waals surface area contributed by atoms with E-state index in [0.29, 0.717) is 11.5 Å². The third-order valence-electron chi connectivity index (χ3n) is 4.16. The standard InChI is InChI=1S/C21H16N2O3/c24-19-11-16-9-5-4-8-15(16)10-18(19)21(25)22-13-17-12-20(26-23-17)14-6-2-1-3-7-14/h1-12,24H,13H2,(H,22,25). The van der Waals surface area contributed by atoms with Gasteiger partial charge >= 0.3 is 0 Å². The van der Waals surface area contributed by atoms with Crippen LogP contribution in [-0.2, 0) is 6.54 Å². The van der Waals surface area contributed by atoms with Gasteiger partial charge < -0.3 is 14.9 Å². The minimum absolute atomic E-state index is 0.0497. The highest BCUT2D eigenvalue weighted by atomic mass is 16.5. The van der Waals surface area contributed by atoms with E-state index in [1.807, 2.05) is 54.6 Å². The van der Waals surface area contributed by atoms with Gasteiger partial charge in [-0.2, -0.15) is 0 Å². The van der Waals surface area contributed by atoms with Crippen LogP contribution in [0.5, 0.6) is 5.75 Å². The number of aromatic hydroxyl groups is 1. The molecule has 0 spiro atoms. The molecule has 0 aliphatic rings. The van der Waals surface area contributed by atoms with Crippen molar-refractivity contribution in [3.05, 3.63) is 84.1 Å². The zero-order valence-electron chi connectivity index (χ0n) is 13.8. The van der Waals surface area contributed by atoms with E-state index in [1.54, 1.807) is 18.2 Å². The van der Waals surface area contributed by atoms with E-state index < -0.39 is 0 Å². The van der Waals surface area contributed by atoms with Gasteiger partial charge in [-0.15, -0.1) is 0 Å². The molecule has 0 fully saturated rings. The van der Waals surface area contributed by atoms with Gasteiger partial charge in [-0.25, -0.2) is 0 Å². The Kier molecular flexibility index (Phi) is 4.11. The predicted molar refractivity (Wildman–Crippen MR) is 98.7 cm³/mol. The van der Waals surface area contributed by atoms with Crippen molar-refractivity contribution in [1.29, 1.82) is 0 Å². The van der Waals surface area contributed by atoms with Gasteiger partial charge in [0, 0.05) is 11.6 Å². The van der Waals surface area contributed by atoms with Crippen molar-refractivity contribution in [3.63, 3.8) is 0 Å². The summed E-state index contributed by atoms with van der Waals surface area (Å²) in [6, 6.07) is 22.2. The Morgan fingerprint density at radius 3 is 2.42 bits per heavy atom. The number of nitrogens with zero attached hydrogens (tertiary/aromatic N) is 1. The number of aromatic nitrogens is 1. The van der Waals surface area contributed by atoms with Gasteiger partial charge in [0.15, 0.2) is 5.76 Å². The smallest absolute Gasteiger partial charge is 0.255 e. The lowest BCUT2D eigenvalue weighted by molar-refractivity contribution is 0.0947. The Hall–Kier alpha value is -3.60. The number of carbonyl (C=O) groups is 1. The lowest BCUT2D eigenvalue weighted by Crippen LogP contribution is -2.23. The van der Waals surface area contributed by atoms with Crippen LogP contribution >= 0.6 is 0 Å². The van der Waals surface area contributed by atoms with Gasteiger partial charge in [-0.05, 0) is 22.9 Å². The van der Waals surface area contributed by atoms with Gasteiger partial charge in [0.1, 0.15) is 11.4 Å². The topological polar surface area (TPSA) is 75.4 Å². The second-order valence-corrected chi connectivity index (χ2v) is 5.95. The fourth-order valence-corrected chi connectivity index (χ4v) is 2.81. The van der Waals surface area contributed by atoms with Crippen LogP contribution in [0, 0.1) is 0 Å². The van der Waals surface area contributed by atoms with Gasteiger partial charge in [0.25, 0.3) is 5.91 Å². The van der Waals surface area contributed by atoms with Crippen LogP contribution in [-0.4, -0.2) is 16.2 Å². The fourth-order valence-electron chi connectivity index (χ4n) is 2.81. The van der Waals surface area contributed by atoms with E-state index in [4.69, 9.17) is 4.52 Å². The number of benzene rings is 3. The molecule has 1 amide bonds. The van der Waals surface area contributed by atoms with Crippen molar-refractivity contribution in [3.8, 4) is 17.1 Å². The first-order valence-corrected chi connectivity index (χ1v) is 8.22. The lowest BCUT2D eigenvalue weighted by atomic mass is 10.1. The molecule has 0 aliphatic heterocycles. The van der Waals surface area contributed by atoms with Crippen molar-refractivity contribution in [2.24, 2.45) is 0 Å². The van der Waals surface area contributed by atoms with Crippen molar-refractivity contribution >= 4 is 16.7 Å². The van der Waals surface area contributed by atoms with E-state index in [-0.39, 0.29) is 23.8 Å². The number of amides is 1. The zero-order valence-corrected chi connectivity index (χ0v) is 13.8. The van der Waals surface area contributed by atoms with Gasteiger partial charge in [0.05, 0.1) is 12.1 Å². The third kappa shape index (κ3) is 3.15. The highest BCUT2D eigenvalue weighted by Gasteiger charge is 2.13. The summed E-state index contributed by atoms with van der Waals surface area (Å²) in [5, 5.41) is 18.6. The molecule has 0 atom stereocenters. The number of hydrogen-bond acceptors (Lipinski definition) is 4. The average molecular weight is 344 g/mol. The van der Waals surface area contributed by atoms with Crippen LogP contribution in [0.1, 0.15) is 16.1 Å². The van der Waals surface area contributed by atoms with Crippen LogP contribution < -0.4 is 5.32 Å². The molecular formula is C21H16N2O3. The summed E-state index contributed by atoms with van der Waals surface area (Å²) < 4.78 is 5.32. The van der Waals surface area contributed by atoms with E-state index in [2.05, 4.69) is 10.5 Å². The first-order valence-electron chi connectivity index (χ1n) is 8.22. The molecule has 3 aromatic carbocycles. The predicted octanol–water partition coefficient (Wildman–Crippen LogP) is 4.13. The maximum Gasteiger partial charge on any atom is 0.255 e. The molecule has 0 saturated carbocycles. The minimum atomic E-state index is -0.363. The van der Waals surface area contributed by atoms with E-state index in [9.17, 15) is 9.90 Å². The zero-order chi connectivity index (χ0) is 17.9. The van der Waals surface area contributed by atoms with Crippen LogP contribution in [0.2, 0.25) is 0 Å². The summed E-state index contributed by atoms with van der Waals surface area (Å²) in [7, 11) is 0. The molecule has 5 nitrogen and oxygen atoms in total. The fraction of sp³-hybridized carbons (Fsp3) is 0.0476. The Labute approximate surface area is 149 Å². The Morgan fingerprint density at radius 1 is 0.962 bits per heavy atom. The van der Waals surface area contributed by atoms with Gasteiger partial charge in [-0.3, -0.25) is 4.79 Å². The van der Waals surface area contributed by atoms with Crippen molar-refractivity contribution in [2.45, 2.75) is 6.54 Å². The monoisotopic (exact) mass is 344 g/mol. The Morgan fingerprint density at radius 2 is 1.65 bits per heavy atom. The summed E-state index contributed by atoms with van der Waals surface area (Å²) in [5.41, 5.74) is 1.76. The van der Waals surface area contributed by atoms with Crippen LogP contribution in [0.25, 0.3) is 22.1 Å². The summed E-state index contributed by atoms with van der Waals surface area (Å²) in [6.07, 6.45) is 0. The summed E-state index contributed by atoms with van der Waals surface area (Å²) in [6.45, 7) is 0.210. The molecule has 26 heavy (non-hydrogen) atoms. The second kappa shape index (κ2) is 6.72. The quantitative estimate of drug-likeness (QED) is 0.584. The molecule has 1 heterocycles. The first-order chi connectivity index (χ1) is 12.7. The molecule has 0 radical (unpaired) electrons. The molecule has 128 valence electrons. The number of rotatable bonds is 4. The largest absolute Gasteiger partial charge is 0.507 e. The number of carbonyl (C=O) groups excluding carboxylic acids is 1. The van der Waals surface area contributed by atoms with Crippen LogP contribution in [0.3, 0.4) is 0 Å². The first kappa shape index (κ1) is 15.9. The maximum absolute atomic E-state index is 12.4. The van der Waals surface area contributed by atoms with E-state index in [0.717, 1.165) is 16.3 Å². The number of phenolic OH excluding ortho intramolecular Hbond substituents is 1. The summed E-state index contributed by atoms with van der Waals surface area (Å²) in [4.78, 5) is 12.4. The van der Waals surface area contributed by atoms with Crippen LogP contribution in [0.4, 0.5) is 0 Å². The third-order valence-corrected chi connectivity index (χ3v) is 4.16. The Bertz CT molecular complexity index is 1070. The van der Waals surface area contributed by atoms with Crippen molar-refractivity contribution in [1.82, 2.24) is 10.5 Å². The van der Waals surface area contributed by atoms with Crippen molar-refractivity contribution in [2.75, 3.05) is 0 Å². The molecule has 0 unspecified atom stereocenters. The molecule has 0 bridgehead atoms. The van der Waals surface area contributed by atoms with Gasteiger partial charge in [-0.1, -0.05) is 59.8 Å². The molecule has 0 saturated heterocycles. The molecule has 2 N–H and O–H groups in total. The minimum Gasteiger partial charge on any atom is -0.507 e. The average Bonchev–Trinajstić information content (AvgIpc) is 3.15. The van der Waals surface area contributed by atoms with Crippen molar-refractivity contribution < 1.29 is 14.4 Å². The number of phenols is 1. The second-order valence-electron chi connectivity index (χ2n) is 5.95. The number of fused-ring (bicyclic) bond motifs is 1. The molecule has 4 rings (SSSR count). The molecule has 1 aromatic heterocycles. The molecular weight excluding hydrogens is 328 g/mol. The van der Waals surface area contributed by atoms with E-state index in [1.165, 1.54) is 0 Å². The maximum atomic E-state index is 12.4. The normalized spacial score (nSPS) is 10.8. The Balaban J connectivity index is 1.49. The number of nitrogens with one attached hydrogen (secondary N) is 1. The highest BCUT2D eigenvalue weighted by Crippen LogP contribution is 2.25. The van der Waals surface area contributed by atoms with Crippen LogP contribution in [0.15, 0.2) is 77.3 Å².